The molecule has 4 nitrogen and oxygen atoms in total. The molecule has 0 saturated carbocycles. The third-order valence-corrected chi connectivity index (χ3v) is 5.20. The van der Waals surface area contributed by atoms with Gasteiger partial charge < -0.3 is 5.11 Å². The second-order valence-electron chi connectivity index (χ2n) is 1.56. The lowest BCUT2D eigenvalue weighted by Crippen LogP contribution is -1.95. The number of aromatic carboxylic acids is 1. The number of carboxylic acid groups (broad SMARTS) is 1. The highest BCUT2D eigenvalue weighted by Crippen LogP contribution is 2.33. The van der Waals surface area contributed by atoms with Gasteiger partial charge in [-0.05, 0) is 0 Å². The molecule has 0 bridgehead atoms. The van der Waals surface area contributed by atoms with E-state index >= 15 is 0 Å². The SMILES string of the molecule is CS[s+]1c(C(=O)O)n[nH]c1=S. The largest absolute Gasteiger partial charge is 0.474 e. The lowest BCUT2D eigenvalue weighted by atomic mass is 10.7. The molecule has 0 amide bonds. The lowest BCUT2D eigenvalue weighted by Gasteiger charge is -1.82. The van der Waals surface area contributed by atoms with Crippen molar-refractivity contribution < 1.29 is 9.90 Å². The number of nitrogens with one attached hydrogen (secondary N) is 1. The van der Waals surface area contributed by atoms with E-state index in [-0.39, 0.29) is 5.01 Å². The van der Waals surface area contributed by atoms with Crippen LogP contribution in [0.4, 0.5) is 0 Å². The molecule has 2 N–H and O–H groups in total. The summed E-state index contributed by atoms with van der Waals surface area (Å²) in [7, 11) is 0.830. The summed E-state index contributed by atoms with van der Waals surface area (Å²) < 4.78 is 0.495. The van der Waals surface area contributed by atoms with Crippen molar-refractivity contribution in [2.45, 2.75) is 0 Å². The van der Waals surface area contributed by atoms with Crippen molar-refractivity contribution >= 4 is 38.5 Å². The van der Waals surface area contributed by atoms with Crippen LogP contribution in [-0.4, -0.2) is 27.5 Å². The van der Waals surface area contributed by atoms with Crippen LogP contribution in [0.25, 0.3) is 0 Å². The Morgan fingerprint density at radius 1 is 1.91 bits per heavy atom. The first-order chi connectivity index (χ1) is 5.16. The Labute approximate surface area is 74.0 Å². The van der Waals surface area contributed by atoms with Gasteiger partial charge in [0.15, 0.2) is 0 Å². The first-order valence-corrected chi connectivity index (χ1v) is 5.94. The number of rotatable bonds is 2. The summed E-state index contributed by atoms with van der Waals surface area (Å²) in [5.41, 5.74) is 0. The molecule has 0 spiro atoms. The number of aromatic amines is 1. The van der Waals surface area contributed by atoms with Gasteiger partial charge >= 0.3 is 14.9 Å². The summed E-state index contributed by atoms with van der Waals surface area (Å²) in [6.45, 7) is 0. The van der Waals surface area contributed by atoms with Crippen LogP contribution in [0.1, 0.15) is 9.80 Å². The zero-order chi connectivity index (χ0) is 8.43. The first kappa shape index (κ1) is 8.69. The minimum Gasteiger partial charge on any atom is -0.474 e. The Kier molecular flexibility index (Phi) is 2.63. The van der Waals surface area contributed by atoms with Crippen molar-refractivity contribution in [3.05, 3.63) is 8.96 Å². The molecule has 7 heteroatoms. The molecule has 1 aromatic heterocycles. The van der Waals surface area contributed by atoms with E-state index in [2.05, 4.69) is 10.2 Å². The average molecular weight is 209 g/mol. The Bertz CT molecular complexity index is 328. The molecular weight excluding hydrogens is 204 g/mol. The maximum Gasteiger partial charge on any atom is 0.388 e. The van der Waals surface area contributed by atoms with Crippen LogP contribution in [-0.2, 0) is 0 Å². The molecule has 0 aromatic carbocycles. The van der Waals surface area contributed by atoms with Crippen LogP contribution in [0.2, 0.25) is 0 Å². The van der Waals surface area contributed by atoms with Gasteiger partial charge in [0.25, 0.3) is 12.2 Å². The van der Waals surface area contributed by atoms with Gasteiger partial charge in [-0.2, -0.15) is 0 Å². The lowest BCUT2D eigenvalue weighted by molar-refractivity contribution is 0.0695. The molecule has 0 aliphatic carbocycles. The van der Waals surface area contributed by atoms with Crippen molar-refractivity contribution in [3.63, 3.8) is 0 Å². The Balaban J connectivity index is 3.27. The molecule has 0 saturated heterocycles. The third-order valence-electron chi connectivity index (χ3n) is 0.942. The molecular formula is C4H5N2O2S3+. The molecule has 0 radical (unpaired) electrons. The maximum atomic E-state index is 10.5. The van der Waals surface area contributed by atoms with Crippen LogP contribution in [0.5, 0.6) is 0 Å². The number of aromatic nitrogens is 2. The van der Waals surface area contributed by atoms with E-state index in [9.17, 15) is 4.79 Å². The van der Waals surface area contributed by atoms with E-state index in [1.54, 1.807) is 6.26 Å². The van der Waals surface area contributed by atoms with E-state index in [4.69, 9.17) is 17.3 Å². The summed E-state index contributed by atoms with van der Waals surface area (Å²) in [5, 5.41) is 14.8. The molecule has 1 aromatic rings. The minimum atomic E-state index is -1.00. The molecule has 0 fully saturated rings. The Morgan fingerprint density at radius 2 is 2.55 bits per heavy atom. The maximum absolute atomic E-state index is 10.5. The molecule has 1 rings (SSSR count). The van der Waals surface area contributed by atoms with Crippen molar-refractivity contribution in [1.29, 1.82) is 0 Å². The first-order valence-electron chi connectivity index (χ1n) is 2.56. The highest BCUT2D eigenvalue weighted by atomic mass is 33.1. The van der Waals surface area contributed by atoms with E-state index in [1.165, 1.54) is 10.8 Å². The van der Waals surface area contributed by atoms with Crippen LogP contribution in [0.3, 0.4) is 0 Å². The highest BCUT2D eigenvalue weighted by molar-refractivity contribution is 8.45. The minimum absolute atomic E-state index is 0.113. The van der Waals surface area contributed by atoms with Crippen LogP contribution in [0.15, 0.2) is 0 Å². The van der Waals surface area contributed by atoms with Gasteiger partial charge in [-0.3, -0.25) is 0 Å². The quantitative estimate of drug-likeness (QED) is 0.441. The fourth-order valence-electron chi connectivity index (χ4n) is 0.549. The summed E-state index contributed by atoms with van der Waals surface area (Å²) in [4.78, 5) is 10.5. The standard InChI is InChI=1S/C4H4N2O2S3/c1-10-11-2(3(7)8)5-6-4(11)9/h1H3,(H-,6,7,8,9)/p+1. The summed E-state index contributed by atoms with van der Waals surface area (Å²) >= 11 is 4.84. The topological polar surface area (TPSA) is 66.0 Å². The Morgan fingerprint density at radius 3 is 2.91 bits per heavy atom. The molecule has 1 unspecified atom stereocenters. The van der Waals surface area contributed by atoms with Crippen LogP contribution >= 0.6 is 32.5 Å². The number of nitrogens with zero attached hydrogens (tertiary/aromatic N) is 1. The third kappa shape index (κ3) is 1.60. The van der Waals surface area contributed by atoms with Crippen LogP contribution < -0.4 is 0 Å². The number of hydrogen-bond acceptors (Lipinski definition) is 4. The fraction of sp³-hybridized carbons (Fsp3) is 0.250. The van der Waals surface area contributed by atoms with Crippen molar-refractivity contribution in [1.82, 2.24) is 10.2 Å². The van der Waals surface area contributed by atoms with E-state index < -0.39 is 15.5 Å². The second-order valence-corrected chi connectivity index (χ2v) is 5.89. The molecule has 60 valence electrons. The molecule has 0 aliphatic heterocycles. The van der Waals surface area contributed by atoms with Crippen molar-refractivity contribution in [3.8, 4) is 0 Å². The molecule has 11 heavy (non-hydrogen) atoms. The monoisotopic (exact) mass is 209 g/mol. The summed E-state index contributed by atoms with van der Waals surface area (Å²) in [5.74, 6) is -1.00. The zero-order valence-corrected chi connectivity index (χ0v) is 7.98. The van der Waals surface area contributed by atoms with Crippen molar-refractivity contribution in [2.24, 2.45) is 0 Å². The van der Waals surface area contributed by atoms with Gasteiger partial charge in [0.2, 0.25) is 0 Å². The van der Waals surface area contributed by atoms with E-state index in [0.29, 0.717) is 3.95 Å². The normalized spacial score (nSPS) is 11.5. The number of carboxylic acids is 1. The summed E-state index contributed by atoms with van der Waals surface area (Å²) in [6, 6.07) is 0. The zero-order valence-electron chi connectivity index (χ0n) is 5.53. The predicted octanol–water partition coefficient (Wildman–Crippen LogP) is 1.71. The van der Waals surface area contributed by atoms with Gasteiger partial charge in [0, 0.05) is 26.6 Å². The molecule has 1 atom stereocenters. The number of carbonyl (C=O) groups is 1. The van der Waals surface area contributed by atoms with Gasteiger partial charge in [-0.25, -0.2) is 9.89 Å². The second kappa shape index (κ2) is 3.33. The van der Waals surface area contributed by atoms with Crippen molar-refractivity contribution in [2.75, 3.05) is 6.26 Å². The molecule has 1 heterocycles. The summed E-state index contributed by atoms with van der Waals surface area (Å²) in [6.07, 6.45) is 1.81. The Hall–Kier alpha value is -0.400. The van der Waals surface area contributed by atoms with Gasteiger partial charge in [-0.15, -0.1) is 5.10 Å². The predicted molar refractivity (Wildman–Crippen MR) is 47.8 cm³/mol. The highest BCUT2D eigenvalue weighted by Gasteiger charge is 2.21. The number of H-pyrrole nitrogens is 1. The smallest absolute Gasteiger partial charge is 0.388 e. The van der Waals surface area contributed by atoms with E-state index in [1.807, 2.05) is 0 Å². The average Bonchev–Trinajstić information content (AvgIpc) is 2.30. The number of hydrogen-bond donors (Lipinski definition) is 2. The van der Waals surface area contributed by atoms with Gasteiger partial charge in [0.05, 0.1) is 0 Å². The molecule has 0 aliphatic rings. The fourth-order valence-corrected chi connectivity index (χ4v) is 3.71. The van der Waals surface area contributed by atoms with Gasteiger partial charge in [-0.1, -0.05) is 0 Å². The van der Waals surface area contributed by atoms with Gasteiger partial charge in [0.1, 0.15) is 0 Å². The van der Waals surface area contributed by atoms with E-state index in [0.717, 1.165) is 0 Å². The van der Waals surface area contributed by atoms with Crippen LogP contribution in [0, 0.1) is 3.95 Å².